The van der Waals surface area contributed by atoms with Crippen molar-refractivity contribution in [2.24, 2.45) is 5.73 Å². The largest absolute Gasteiger partial charge is 0.489 e. The van der Waals surface area contributed by atoms with E-state index in [4.69, 9.17) is 22.1 Å². The molecule has 0 bridgehead atoms. The molecule has 0 aromatic heterocycles. The molecule has 0 radical (unpaired) electrons. The summed E-state index contributed by atoms with van der Waals surface area (Å²) in [6.07, 6.45) is 0. The Morgan fingerprint density at radius 3 is 2.76 bits per heavy atom. The molecule has 1 aromatic carbocycles. The first-order valence-corrected chi connectivity index (χ1v) is 5.20. The van der Waals surface area contributed by atoms with Crippen LogP contribution in [-0.2, 0) is 9.53 Å². The van der Waals surface area contributed by atoms with E-state index in [1.165, 1.54) is 26.2 Å². The normalized spacial score (nSPS) is 13.9. The molecule has 94 valence electrons. The molecule has 1 atom stereocenters. The quantitative estimate of drug-likeness (QED) is 0.839. The van der Waals surface area contributed by atoms with E-state index in [1.54, 1.807) is 0 Å². The molecule has 17 heavy (non-hydrogen) atoms. The molecule has 1 unspecified atom stereocenters. The van der Waals surface area contributed by atoms with Crippen molar-refractivity contribution in [3.8, 4) is 5.75 Å². The second-order valence-corrected chi connectivity index (χ2v) is 4.18. The van der Waals surface area contributed by atoms with E-state index < -0.39 is 17.3 Å². The Morgan fingerprint density at radius 1 is 1.59 bits per heavy atom. The van der Waals surface area contributed by atoms with Gasteiger partial charge in [0.15, 0.2) is 0 Å². The highest BCUT2D eigenvalue weighted by Gasteiger charge is 2.30. The fourth-order valence-corrected chi connectivity index (χ4v) is 1.33. The van der Waals surface area contributed by atoms with Crippen LogP contribution < -0.4 is 10.5 Å². The number of carbonyl (C=O) groups is 1. The number of ether oxygens (including phenoxy) is 2. The monoisotopic (exact) mass is 261 g/mol. The van der Waals surface area contributed by atoms with Gasteiger partial charge in [-0.2, -0.15) is 0 Å². The third kappa shape index (κ3) is 3.57. The lowest BCUT2D eigenvalue weighted by Gasteiger charge is -2.21. The predicted octanol–water partition coefficient (Wildman–Crippen LogP) is 1.75. The topological polar surface area (TPSA) is 61.5 Å². The van der Waals surface area contributed by atoms with Crippen LogP contribution in [0.25, 0.3) is 0 Å². The van der Waals surface area contributed by atoms with Gasteiger partial charge in [0.25, 0.3) is 0 Å². The summed E-state index contributed by atoms with van der Waals surface area (Å²) in [4.78, 5) is 11.3. The lowest BCUT2D eigenvalue weighted by Crippen LogP contribution is -2.50. The van der Waals surface area contributed by atoms with Gasteiger partial charge in [-0.3, -0.25) is 0 Å². The van der Waals surface area contributed by atoms with Crippen molar-refractivity contribution >= 4 is 17.6 Å². The summed E-state index contributed by atoms with van der Waals surface area (Å²) in [5.41, 5.74) is 4.40. The minimum absolute atomic E-state index is 0.116. The van der Waals surface area contributed by atoms with Gasteiger partial charge in [-0.1, -0.05) is 11.6 Å². The van der Waals surface area contributed by atoms with E-state index in [0.717, 1.165) is 6.07 Å². The molecule has 1 rings (SSSR count). The molecule has 0 amide bonds. The minimum Gasteiger partial charge on any atom is -0.489 e. The number of halogens is 2. The fourth-order valence-electron chi connectivity index (χ4n) is 1.11. The zero-order valence-corrected chi connectivity index (χ0v) is 10.3. The highest BCUT2D eigenvalue weighted by atomic mass is 35.5. The average Bonchev–Trinajstić information content (AvgIpc) is 2.26. The second kappa shape index (κ2) is 5.33. The molecule has 0 aliphatic carbocycles. The van der Waals surface area contributed by atoms with Gasteiger partial charge in [-0.25, -0.2) is 9.18 Å². The smallest absolute Gasteiger partial charge is 0.329 e. The summed E-state index contributed by atoms with van der Waals surface area (Å²) in [7, 11) is 1.23. The second-order valence-electron chi connectivity index (χ2n) is 3.77. The summed E-state index contributed by atoms with van der Waals surface area (Å²) in [6, 6.07) is 3.68. The van der Waals surface area contributed by atoms with E-state index in [2.05, 4.69) is 4.74 Å². The summed E-state index contributed by atoms with van der Waals surface area (Å²) >= 11 is 5.75. The first-order chi connectivity index (χ1) is 7.86. The SMILES string of the molecule is COC(=O)C(C)(N)COc1ccc(F)cc1Cl. The molecular weight excluding hydrogens is 249 g/mol. The molecule has 0 saturated heterocycles. The van der Waals surface area contributed by atoms with E-state index in [1.807, 2.05) is 0 Å². The van der Waals surface area contributed by atoms with Crippen molar-refractivity contribution < 1.29 is 18.7 Å². The van der Waals surface area contributed by atoms with Crippen molar-refractivity contribution in [1.29, 1.82) is 0 Å². The molecule has 0 aliphatic heterocycles. The van der Waals surface area contributed by atoms with Crippen molar-refractivity contribution in [2.75, 3.05) is 13.7 Å². The highest BCUT2D eigenvalue weighted by Crippen LogP contribution is 2.25. The van der Waals surface area contributed by atoms with Crippen LogP contribution in [0.4, 0.5) is 4.39 Å². The van der Waals surface area contributed by atoms with Crippen LogP contribution in [0.3, 0.4) is 0 Å². The van der Waals surface area contributed by atoms with Gasteiger partial charge in [0.05, 0.1) is 12.1 Å². The Hall–Kier alpha value is -1.33. The van der Waals surface area contributed by atoms with Crippen LogP contribution in [0, 0.1) is 5.82 Å². The van der Waals surface area contributed by atoms with Crippen LogP contribution >= 0.6 is 11.6 Å². The Labute approximate surface area is 103 Å². The van der Waals surface area contributed by atoms with E-state index >= 15 is 0 Å². The zero-order valence-electron chi connectivity index (χ0n) is 9.50. The zero-order chi connectivity index (χ0) is 13.1. The Kier molecular flexibility index (Phi) is 4.31. The molecule has 0 spiro atoms. The average molecular weight is 262 g/mol. The number of benzene rings is 1. The van der Waals surface area contributed by atoms with Gasteiger partial charge in [-0.05, 0) is 25.1 Å². The molecule has 1 aromatic rings. The number of methoxy groups -OCH3 is 1. The van der Waals surface area contributed by atoms with Crippen molar-refractivity contribution in [3.05, 3.63) is 29.0 Å². The minimum atomic E-state index is -1.29. The van der Waals surface area contributed by atoms with Crippen LogP contribution in [0.5, 0.6) is 5.75 Å². The number of hydrogen-bond acceptors (Lipinski definition) is 4. The van der Waals surface area contributed by atoms with Gasteiger partial charge < -0.3 is 15.2 Å². The van der Waals surface area contributed by atoms with Crippen LogP contribution in [-0.4, -0.2) is 25.2 Å². The van der Waals surface area contributed by atoms with Gasteiger partial charge >= 0.3 is 5.97 Å². The molecule has 4 nitrogen and oxygen atoms in total. The van der Waals surface area contributed by atoms with Gasteiger partial charge in [-0.15, -0.1) is 0 Å². The predicted molar refractivity (Wildman–Crippen MR) is 61.5 cm³/mol. The summed E-state index contributed by atoms with van der Waals surface area (Å²) in [5, 5.41) is 0.116. The van der Waals surface area contributed by atoms with E-state index in [-0.39, 0.29) is 17.4 Å². The van der Waals surface area contributed by atoms with Crippen molar-refractivity contribution in [1.82, 2.24) is 0 Å². The number of esters is 1. The third-order valence-corrected chi connectivity index (χ3v) is 2.37. The van der Waals surface area contributed by atoms with Crippen LogP contribution in [0.15, 0.2) is 18.2 Å². The molecule has 6 heteroatoms. The summed E-state index contributed by atoms with van der Waals surface area (Å²) in [6.45, 7) is 1.35. The molecular formula is C11H13ClFNO3. The molecule has 0 saturated carbocycles. The van der Waals surface area contributed by atoms with Crippen molar-refractivity contribution in [2.45, 2.75) is 12.5 Å². The highest BCUT2D eigenvalue weighted by molar-refractivity contribution is 6.32. The lowest BCUT2D eigenvalue weighted by atomic mass is 10.1. The van der Waals surface area contributed by atoms with Crippen LogP contribution in [0.1, 0.15) is 6.92 Å². The Morgan fingerprint density at radius 2 is 2.24 bits per heavy atom. The molecule has 2 N–H and O–H groups in total. The fraction of sp³-hybridized carbons (Fsp3) is 0.364. The maximum absolute atomic E-state index is 12.8. The maximum Gasteiger partial charge on any atom is 0.329 e. The van der Waals surface area contributed by atoms with E-state index in [9.17, 15) is 9.18 Å². The lowest BCUT2D eigenvalue weighted by molar-refractivity contribution is -0.147. The summed E-state index contributed by atoms with van der Waals surface area (Å²) in [5.74, 6) is -0.810. The van der Waals surface area contributed by atoms with E-state index in [0.29, 0.717) is 0 Å². The maximum atomic E-state index is 12.8. The van der Waals surface area contributed by atoms with Crippen LogP contribution in [0.2, 0.25) is 5.02 Å². The van der Waals surface area contributed by atoms with Crippen molar-refractivity contribution in [3.63, 3.8) is 0 Å². The number of rotatable bonds is 4. The Bertz CT molecular complexity index is 423. The molecule has 0 fully saturated rings. The van der Waals surface area contributed by atoms with Gasteiger partial charge in [0.1, 0.15) is 23.7 Å². The first kappa shape index (κ1) is 13.7. The third-order valence-electron chi connectivity index (χ3n) is 2.07. The molecule has 0 heterocycles. The van der Waals surface area contributed by atoms with Gasteiger partial charge in [0, 0.05) is 0 Å². The Balaban J connectivity index is 2.70. The number of nitrogens with two attached hydrogens (primary N) is 1. The standard InChI is InChI=1S/C11H13ClFNO3/c1-11(14,10(15)16-2)6-17-9-4-3-7(13)5-8(9)12/h3-5H,6,14H2,1-2H3. The number of carbonyl (C=O) groups excluding carboxylic acids is 1. The summed E-state index contributed by atoms with van der Waals surface area (Å²) < 4.78 is 22.5. The van der Waals surface area contributed by atoms with Gasteiger partial charge in [0.2, 0.25) is 0 Å². The first-order valence-electron chi connectivity index (χ1n) is 4.82. The number of hydrogen-bond donors (Lipinski definition) is 1. The molecule has 0 aliphatic rings.